The van der Waals surface area contributed by atoms with Gasteiger partial charge in [-0.15, -0.1) is 0 Å². The Labute approximate surface area is 199 Å². The molecule has 9 heteroatoms. The molecule has 1 saturated heterocycles. The van der Waals surface area contributed by atoms with E-state index in [1.807, 2.05) is 55.1 Å². The van der Waals surface area contributed by atoms with Crippen LogP contribution in [0.15, 0.2) is 65.7 Å². The van der Waals surface area contributed by atoms with Gasteiger partial charge in [-0.3, -0.25) is 4.79 Å². The van der Waals surface area contributed by atoms with Gasteiger partial charge in [-0.25, -0.2) is 17.8 Å². The van der Waals surface area contributed by atoms with Gasteiger partial charge in [0.2, 0.25) is 10.0 Å². The SMILES string of the molecule is CCc1cccc(C)c1NC(=O)c1cc(S(=O)(=O)N2CCN(c3ccccn3)CC2)ccc1F. The minimum absolute atomic E-state index is 0.106. The molecule has 1 aliphatic rings. The fourth-order valence-corrected chi connectivity index (χ4v) is 5.52. The van der Waals surface area contributed by atoms with Crippen LogP contribution in [0.3, 0.4) is 0 Å². The number of amides is 1. The number of benzene rings is 2. The van der Waals surface area contributed by atoms with Crippen molar-refractivity contribution in [3.8, 4) is 0 Å². The summed E-state index contributed by atoms with van der Waals surface area (Å²) in [6, 6.07) is 14.6. The van der Waals surface area contributed by atoms with E-state index >= 15 is 0 Å². The van der Waals surface area contributed by atoms with Gasteiger partial charge in [0.1, 0.15) is 11.6 Å². The first kappa shape index (κ1) is 23.8. The predicted molar refractivity (Wildman–Crippen MR) is 130 cm³/mol. The molecule has 178 valence electrons. The van der Waals surface area contributed by atoms with Crippen LogP contribution >= 0.6 is 0 Å². The molecule has 0 saturated carbocycles. The van der Waals surface area contributed by atoms with Gasteiger partial charge in [0, 0.05) is 38.1 Å². The monoisotopic (exact) mass is 482 g/mol. The van der Waals surface area contributed by atoms with E-state index in [-0.39, 0.29) is 23.5 Å². The van der Waals surface area contributed by atoms with E-state index in [0.717, 1.165) is 29.1 Å². The Morgan fingerprint density at radius 2 is 1.82 bits per heavy atom. The van der Waals surface area contributed by atoms with Gasteiger partial charge in [-0.2, -0.15) is 4.31 Å². The number of para-hydroxylation sites is 1. The largest absolute Gasteiger partial charge is 0.354 e. The van der Waals surface area contributed by atoms with Crippen molar-refractivity contribution in [1.29, 1.82) is 0 Å². The van der Waals surface area contributed by atoms with Crippen LogP contribution in [0.5, 0.6) is 0 Å². The lowest BCUT2D eigenvalue weighted by Crippen LogP contribution is -2.48. The first-order valence-electron chi connectivity index (χ1n) is 11.2. The maximum absolute atomic E-state index is 14.6. The molecule has 2 aromatic carbocycles. The fourth-order valence-electron chi connectivity index (χ4n) is 4.07. The number of sulfonamides is 1. The number of anilines is 2. The number of pyridine rings is 1. The number of carbonyl (C=O) groups excluding carboxylic acids is 1. The van der Waals surface area contributed by atoms with Gasteiger partial charge in [-0.1, -0.05) is 31.2 Å². The van der Waals surface area contributed by atoms with Crippen molar-refractivity contribution in [1.82, 2.24) is 9.29 Å². The molecule has 1 N–H and O–H groups in total. The summed E-state index contributed by atoms with van der Waals surface area (Å²) in [4.78, 5) is 19.2. The third kappa shape index (κ3) is 4.80. The molecule has 0 aliphatic carbocycles. The molecule has 7 nitrogen and oxygen atoms in total. The average Bonchev–Trinajstić information content (AvgIpc) is 2.86. The first-order valence-corrected chi connectivity index (χ1v) is 12.6. The number of nitrogens with zero attached hydrogens (tertiary/aromatic N) is 3. The number of halogens is 1. The molecule has 1 aromatic heterocycles. The summed E-state index contributed by atoms with van der Waals surface area (Å²) >= 11 is 0. The Balaban J connectivity index is 1.54. The van der Waals surface area contributed by atoms with Crippen molar-refractivity contribution in [3.05, 3.63) is 83.3 Å². The standard InChI is InChI=1S/C25H27FN4O3S/c1-3-19-8-6-7-18(2)24(19)28-25(31)21-17-20(10-11-22(21)26)34(32,33)30-15-13-29(14-16-30)23-9-4-5-12-27-23/h4-12,17H,3,13-16H2,1-2H3,(H,28,31). The summed E-state index contributed by atoms with van der Waals surface area (Å²) < 4.78 is 42.5. The van der Waals surface area contributed by atoms with Crippen LogP contribution in [0.1, 0.15) is 28.4 Å². The fraction of sp³-hybridized carbons (Fsp3) is 0.280. The number of aryl methyl sites for hydroxylation is 2. The van der Waals surface area contributed by atoms with Crippen LogP contribution in [0, 0.1) is 12.7 Å². The Hall–Kier alpha value is -3.30. The second kappa shape index (κ2) is 9.90. The van der Waals surface area contributed by atoms with E-state index < -0.39 is 21.7 Å². The molecule has 2 heterocycles. The highest BCUT2D eigenvalue weighted by molar-refractivity contribution is 7.89. The molecular weight excluding hydrogens is 455 g/mol. The molecule has 0 spiro atoms. The maximum atomic E-state index is 14.6. The third-order valence-electron chi connectivity index (χ3n) is 6.01. The summed E-state index contributed by atoms with van der Waals surface area (Å²) in [5.74, 6) is -0.662. The normalized spacial score (nSPS) is 14.7. The van der Waals surface area contributed by atoms with Crippen molar-refractivity contribution >= 4 is 27.4 Å². The highest BCUT2D eigenvalue weighted by Gasteiger charge is 2.30. The minimum atomic E-state index is -3.89. The predicted octanol–water partition coefficient (Wildman–Crippen LogP) is 3.85. The summed E-state index contributed by atoms with van der Waals surface area (Å²) in [6.07, 6.45) is 2.39. The summed E-state index contributed by atoms with van der Waals surface area (Å²) in [7, 11) is -3.89. The minimum Gasteiger partial charge on any atom is -0.354 e. The number of carbonyl (C=O) groups is 1. The molecule has 1 fully saturated rings. The highest BCUT2D eigenvalue weighted by Crippen LogP contribution is 2.25. The third-order valence-corrected chi connectivity index (χ3v) is 7.91. The first-order chi connectivity index (χ1) is 16.3. The second-order valence-electron chi connectivity index (χ2n) is 8.14. The molecule has 0 atom stereocenters. The topological polar surface area (TPSA) is 82.6 Å². The maximum Gasteiger partial charge on any atom is 0.258 e. The smallest absolute Gasteiger partial charge is 0.258 e. The molecule has 3 aromatic rings. The lowest BCUT2D eigenvalue weighted by molar-refractivity contribution is 0.102. The van der Waals surface area contributed by atoms with Crippen molar-refractivity contribution in [3.63, 3.8) is 0 Å². The number of piperazine rings is 1. The average molecular weight is 483 g/mol. The highest BCUT2D eigenvalue weighted by atomic mass is 32.2. The van der Waals surface area contributed by atoms with Gasteiger partial charge >= 0.3 is 0 Å². The van der Waals surface area contributed by atoms with Gasteiger partial charge in [0.25, 0.3) is 5.91 Å². The number of hydrogen-bond acceptors (Lipinski definition) is 5. The van der Waals surface area contributed by atoms with E-state index in [9.17, 15) is 17.6 Å². The van der Waals surface area contributed by atoms with Gasteiger partial charge in [0.05, 0.1) is 10.5 Å². The van der Waals surface area contributed by atoms with Gasteiger partial charge < -0.3 is 10.2 Å². The number of aromatic nitrogens is 1. The Morgan fingerprint density at radius 3 is 2.50 bits per heavy atom. The number of nitrogens with one attached hydrogen (secondary N) is 1. The summed E-state index contributed by atoms with van der Waals surface area (Å²) in [5, 5.41) is 2.77. The van der Waals surface area contributed by atoms with Crippen LogP contribution in [-0.2, 0) is 16.4 Å². The lowest BCUT2D eigenvalue weighted by atomic mass is 10.1. The molecule has 4 rings (SSSR count). The second-order valence-corrected chi connectivity index (χ2v) is 10.1. The van der Waals surface area contributed by atoms with E-state index in [1.54, 1.807) is 6.20 Å². The summed E-state index contributed by atoms with van der Waals surface area (Å²) in [6.45, 7) is 5.32. The molecule has 1 amide bonds. The van der Waals surface area contributed by atoms with E-state index in [2.05, 4.69) is 10.3 Å². The molecule has 34 heavy (non-hydrogen) atoms. The Kier molecular flexibility index (Phi) is 6.95. The van der Waals surface area contributed by atoms with Crippen LogP contribution in [0.2, 0.25) is 0 Å². The zero-order chi connectivity index (χ0) is 24.3. The van der Waals surface area contributed by atoms with E-state index in [0.29, 0.717) is 25.2 Å². The molecule has 0 bridgehead atoms. The molecule has 1 aliphatic heterocycles. The number of rotatable bonds is 6. The molecule has 0 unspecified atom stereocenters. The van der Waals surface area contributed by atoms with Crippen LogP contribution < -0.4 is 10.2 Å². The lowest BCUT2D eigenvalue weighted by Gasteiger charge is -2.34. The quantitative estimate of drug-likeness (QED) is 0.577. The van der Waals surface area contributed by atoms with Crippen LogP contribution in [-0.4, -0.2) is 49.8 Å². The Bertz CT molecular complexity index is 1290. The van der Waals surface area contributed by atoms with Gasteiger partial charge in [-0.05, 0) is 54.8 Å². The van der Waals surface area contributed by atoms with Crippen molar-refractivity contribution < 1.29 is 17.6 Å². The van der Waals surface area contributed by atoms with Gasteiger partial charge in [0.15, 0.2) is 0 Å². The molecule has 0 radical (unpaired) electrons. The zero-order valence-electron chi connectivity index (χ0n) is 19.2. The van der Waals surface area contributed by atoms with E-state index in [4.69, 9.17) is 0 Å². The summed E-state index contributed by atoms with van der Waals surface area (Å²) in [5.41, 5.74) is 2.08. The Morgan fingerprint density at radius 1 is 1.06 bits per heavy atom. The van der Waals surface area contributed by atoms with Crippen molar-refractivity contribution in [2.24, 2.45) is 0 Å². The number of hydrogen-bond donors (Lipinski definition) is 1. The molecular formula is C25H27FN4O3S. The zero-order valence-corrected chi connectivity index (χ0v) is 20.0. The van der Waals surface area contributed by atoms with Crippen molar-refractivity contribution in [2.45, 2.75) is 25.2 Å². The van der Waals surface area contributed by atoms with E-state index in [1.165, 1.54) is 10.4 Å². The van der Waals surface area contributed by atoms with Crippen LogP contribution in [0.25, 0.3) is 0 Å². The van der Waals surface area contributed by atoms with Crippen LogP contribution in [0.4, 0.5) is 15.9 Å². The van der Waals surface area contributed by atoms with Crippen molar-refractivity contribution in [2.75, 3.05) is 36.4 Å².